The summed E-state index contributed by atoms with van der Waals surface area (Å²) in [7, 11) is 3.33. The molecule has 0 rings (SSSR count). The Morgan fingerprint density at radius 1 is 1.24 bits per heavy atom. The highest BCUT2D eigenvalue weighted by Gasteiger charge is 2.28. The van der Waals surface area contributed by atoms with Gasteiger partial charge >= 0.3 is 6.18 Å². The predicted molar refractivity (Wildman–Crippen MR) is 60.0 cm³/mol. The first-order chi connectivity index (χ1) is 7.70. The summed E-state index contributed by atoms with van der Waals surface area (Å²) < 4.78 is 45.5. The van der Waals surface area contributed by atoms with Crippen LogP contribution in [0.3, 0.4) is 0 Å². The molecule has 0 saturated heterocycles. The molecule has 0 saturated carbocycles. The van der Waals surface area contributed by atoms with Crippen LogP contribution in [0.15, 0.2) is 0 Å². The summed E-state index contributed by atoms with van der Waals surface area (Å²) in [5, 5.41) is 2.94. The van der Waals surface area contributed by atoms with Gasteiger partial charge in [-0.1, -0.05) is 0 Å². The highest BCUT2D eigenvalue weighted by atomic mass is 19.4. The predicted octanol–water partition coefficient (Wildman–Crippen LogP) is 2.36. The molecule has 0 amide bonds. The van der Waals surface area contributed by atoms with Crippen LogP contribution in [0.5, 0.6) is 0 Å². The summed E-state index contributed by atoms with van der Waals surface area (Å²) in [5.41, 5.74) is -0.265. The van der Waals surface area contributed by atoms with Gasteiger partial charge in [-0.25, -0.2) is 0 Å². The van der Waals surface area contributed by atoms with Crippen molar-refractivity contribution in [2.75, 3.05) is 27.4 Å². The van der Waals surface area contributed by atoms with Crippen LogP contribution in [-0.2, 0) is 9.47 Å². The maximum absolute atomic E-state index is 11.9. The minimum absolute atomic E-state index is 0.0514. The largest absolute Gasteiger partial charge is 0.411 e. The Labute approximate surface area is 101 Å². The molecule has 0 heterocycles. The topological polar surface area (TPSA) is 30.5 Å². The van der Waals surface area contributed by atoms with Gasteiger partial charge in [-0.3, -0.25) is 0 Å². The van der Waals surface area contributed by atoms with E-state index in [2.05, 4.69) is 10.1 Å². The van der Waals surface area contributed by atoms with Gasteiger partial charge in [0.1, 0.15) is 6.61 Å². The number of likely N-dealkylation sites (N-methyl/N-ethyl adjacent to an activating group) is 1. The van der Waals surface area contributed by atoms with Crippen molar-refractivity contribution >= 4 is 0 Å². The number of alkyl halides is 3. The molecule has 0 bridgehead atoms. The van der Waals surface area contributed by atoms with E-state index < -0.39 is 12.8 Å². The maximum Gasteiger partial charge on any atom is 0.411 e. The molecule has 0 aliphatic rings. The molecule has 1 unspecified atom stereocenters. The molecule has 0 spiro atoms. The summed E-state index contributed by atoms with van der Waals surface area (Å²) in [6.07, 6.45) is -2.80. The molecule has 0 aromatic heterocycles. The quantitative estimate of drug-likeness (QED) is 0.724. The van der Waals surface area contributed by atoms with E-state index in [1.54, 1.807) is 14.2 Å². The van der Waals surface area contributed by atoms with E-state index in [0.717, 1.165) is 6.42 Å². The molecule has 17 heavy (non-hydrogen) atoms. The van der Waals surface area contributed by atoms with Gasteiger partial charge in [-0.2, -0.15) is 13.2 Å². The second kappa shape index (κ2) is 7.18. The minimum atomic E-state index is -4.26. The van der Waals surface area contributed by atoms with Gasteiger partial charge in [-0.15, -0.1) is 0 Å². The molecule has 104 valence electrons. The Kier molecular flexibility index (Phi) is 7.04. The number of nitrogens with one attached hydrogen (secondary N) is 1. The van der Waals surface area contributed by atoms with E-state index >= 15 is 0 Å². The highest BCUT2D eigenvalue weighted by molar-refractivity contribution is 4.73. The zero-order valence-electron chi connectivity index (χ0n) is 10.9. The van der Waals surface area contributed by atoms with Crippen molar-refractivity contribution in [3.05, 3.63) is 0 Å². The monoisotopic (exact) mass is 257 g/mol. The second-order valence-electron chi connectivity index (χ2n) is 4.62. The first-order valence-electron chi connectivity index (χ1n) is 5.57. The number of hydrogen-bond donors (Lipinski definition) is 1. The lowest BCUT2D eigenvalue weighted by Crippen LogP contribution is -2.35. The standard InChI is InChI=1S/C11H22F3NO2/c1-10(2,16-4)6-5-9(15-3)7-17-8-11(12,13)14/h9,15H,5-8H2,1-4H3. The van der Waals surface area contributed by atoms with Crippen LogP contribution in [0.4, 0.5) is 13.2 Å². The first kappa shape index (κ1) is 16.7. The van der Waals surface area contributed by atoms with E-state index in [1.807, 2.05) is 13.8 Å². The zero-order valence-corrected chi connectivity index (χ0v) is 10.9. The molecule has 0 aliphatic carbocycles. The molecule has 3 nitrogen and oxygen atoms in total. The molecule has 6 heteroatoms. The zero-order chi connectivity index (χ0) is 13.5. The van der Waals surface area contributed by atoms with Crippen molar-refractivity contribution in [3.8, 4) is 0 Å². The van der Waals surface area contributed by atoms with Crippen LogP contribution < -0.4 is 5.32 Å². The molecule has 1 atom stereocenters. The summed E-state index contributed by atoms with van der Waals surface area (Å²) in [6.45, 7) is 2.74. The third-order valence-electron chi connectivity index (χ3n) is 2.64. The Bertz CT molecular complexity index is 207. The van der Waals surface area contributed by atoms with Gasteiger partial charge in [0.15, 0.2) is 0 Å². The highest BCUT2D eigenvalue weighted by Crippen LogP contribution is 2.18. The number of halogens is 3. The maximum atomic E-state index is 11.9. The lowest BCUT2D eigenvalue weighted by molar-refractivity contribution is -0.175. The molecule has 0 aliphatic heterocycles. The van der Waals surface area contributed by atoms with E-state index in [0.29, 0.717) is 6.42 Å². The van der Waals surface area contributed by atoms with Gasteiger partial charge in [0.2, 0.25) is 0 Å². The van der Waals surface area contributed by atoms with E-state index in [4.69, 9.17) is 4.74 Å². The van der Waals surface area contributed by atoms with Crippen LogP contribution in [0.2, 0.25) is 0 Å². The van der Waals surface area contributed by atoms with Gasteiger partial charge in [0.05, 0.1) is 12.2 Å². The van der Waals surface area contributed by atoms with Crippen molar-refractivity contribution < 1.29 is 22.6 Å². The molecular weight excluding hydrogens is 235 g/mol. The Morgan fingerprint density at radius 3 is 2.24 bits per heavy atom. The van der Waals surface area contributed by atoms with Crippen molar-refractivity contribution in [1.29, 1.82) is 0 Å². The normalized spacial score (nSPS) is 15.0. The summed E-state index contributed by atoms with van der Waals surface area (Å²) in [4.78, 5) is 0. The van der Waals surface area contributed by atoms with E-state index in [-0.39, 0.29) is 18.2 Å². The van der Waals surface area contributed by atoms with Crippen LogP contribution in [0.1, 0.15) is 26.7 Å². The van der Waals surface area contributed by atoms with Crippen molar-refractivity contribution in [3.63, 3.8) is 0 Å². The molecule has 0 radical (unpaired) electrons. The van der Waals surface area contributed by atoms with Crippen molar-refractivity contribution in [1.82, 2.24) is 5.32 Å². The third kappa shape index (κ3) is 9.38. The van der Waals surface area contributed by atoms with Gasteiger partial charge in [0, 0.05) is 13.2 Å². The van der Waals surface area contributed by atoms with Crippen LogP contribution in [-0.4, -0.2) is 45.2 Å². The van der Waals surface area contributed by atoms with Crippen LogP contribution in [0, 0.1) is 0 Å². The SMILES string of the molecule is CNC(CCC(C)(C)OC)COCC(F)(F)F. The Morgan fingerprint density at radius 2 is 1.82 bits per heavy atom. The summed E-state index contributed by atoms with van der Waals surface area (Å²) >= 11 is 0. The Balaban J connectivity index is 3.85. The third-order valence-corrected chi connectivity index (χ3v) is 2.64. The number of methoxy groups -OCH3 is 1. The molecule has 1 N–H and O–H groups in total. The summed E-state index contributed by atoms with van der Waals surface area (Å²) in [6, 6.07) is -0.0909. The fourth-order valence-electron chi connectivity index (χ4n) is 1.25. The second-order valence-corrected chi connectivity index (χ2v) is 4.62. The van der Waals surface area contributed by atoms with E-state index in [9.17, 15) is 13.2 Å². The van der Waals surface area contributed by atoms with Crippen LogP contribution >= 0.6 is 0 Å². The van der Waals surface area contributed by atoms with Gasteiger partial charge in [-0.05, 0) is 33.7 Å². The average molecular weight is 257 g/mol. The number of hydrogen-bond acceptors (Lipinski definition) is 3. The molecule has 0 aromatic carbocycles. The molecule has 0 aromatic rings. The van der Waals surface area contributed by atoms with Crippen molar-refractivity contribution in [2.24, 2.45) is 0 Å². The lowest BCUT2D eigenvalue weighted by Gasteiger charge is -2.25. The number of rotatable bonds is 8. The van der Waals surface area contributed by atoms with Crippen LogP contribution in [0.25, 0.3) is 0 Å². The van der Waals surface area contributed by atoms with E-state index in [1.165, 1.54) is 0 Å². The fraction of sp³-hybridized carbons (Fsp3) is 1.00. The van der Waals surface area contributed by atoms with Gasteiger partial charge in [0.25, 0.3) is 0 Å². The fourth-order valence-corrected chi connectivity index (χ4v) is 1.25. The first-order valence-corrected chi connectivity index (χ1v) is 5.57. The van der Waals surface area contributed by atoms with Gasteiger partial charge < -0.3 is 14.8 Å². The molecular formula is C11H22F3NO2. The smallest absolute Gasteiger partial charge is 0.379 e. The number of ether oxygens (including phenoxy) is 2. The Hall–Kier alpha value is -0.330. The summed E-state index contributed by atoms with van der Waals surface area (Å²) in [5.74, 6) is 0. The molecule has 0 fully saturated rings. The lowest BCUT2D eigenvalue weighted by atomic mass is 9.99. The van der Waals surface area contributed by atoms with Crippen molar-refractivity contribution in [2.45, 2.75) is 44.5 Å². The average Bonchev–Trinajstić information content (AvgIpc) is 2.21. The minimum Gasteiger partial charge on any atom is -0.379 e.